The number of hydrogen-bond donors (Lipinski definition) is 0. The van der Waals surface area contributed by atoms with Crippen molar-refractivity contribution in [2.75, 3.05) is 0 Å². The van der Waals surface area contributed by atoms with E-state index in [9.17, 15) is 13.2 Å². The number of rotatable bonds is 2. The minimum Gasteiger partial charge on any atom is -0.236 e. The molecule has 1 aromatic heterocycles. The van der Waals surface area contributed by atoms with E-state index in [1.807, 2.05) is 0 Å². The van der Waals surface area contributed by atoms with E-state index in [2.05, 4.69) is 25.9 Å². The lowest BCUT2D eigenvalue weighted by atomic mass is 10.2. The van der Waals surface area contributed by atoms with Gasteiger partial charge in [0, 0.05) is 27.7 Å². The van der Waals surface area contributed by atoms with Gasteiger partial charge in [0.15, 0.2) is 11.5 Å². The molecule has 0 spiro atoms. The van der Waals surface area contributed by atoms with Crippen LogP contribution in [0.2, 0.25) is 5.02 Å². The lowest BCUT2D eigenvalue weighted by Gasteiger charge is -2.11. The first kappa shape index (κ1) is 14.3. The van der Waals surface area contributed by atoms with Gasteiger partial charge in [0.2, 0.25) is 0 Å². The highest BCUT2D eigenvalue weighted by atomic mass is 79.9. The standard InChI is InChI=1S/C12H7BrClF3N2/c13-5-8-6-18-11(19-10(8)12(15,16)17)7-2-1-3-9(14)4-7/h1-4,6H,5H2. The molecule has 1 heterocycles. The molecule has 0 aliphatic carbocycles. The molecule has 0 fully saturated rings. The summed E-state index contributed by atoms with van der Waals surface area (Å²) in [5, 5.41) is 0.455. The van der Waals surface area contributed by atoms with Gasteiger partial charge in [-0.1, -0.05) is 39.7 Å². The molecule has 0 aliphatic heterocycles. The minimum absolute atomic E-state index is 0.000440. The van der Waals surface area contributed by atoms with Crippen molar-refractivity contribution in [3.63, 3.8) is 0 Å². The summed E-state index contributed by atoms with van der Waals surface area (Å²) in [5.41, 5.74) is -0.494. The van der Waals surface area contributed by atoms with E-state index in [4.69, 9.17) is 11.6 Å². The van der Waals surface area contributed by atoms with Gasteiger partial charge in [-0.05, 0) is 12.1 Å². The van der Waals surface area contributed by atoms with Crippen LogP contribution in [0, 0.1) is 0 Å². The van der Waals surface area contributed by atoms with Crippen molar-refractivity contribution in [1.29, 1.82) is 0 Å². The zero-order chi connectivity index (χ0) is 14.0. The first-order valence-corrected chi connectivity index (χ1v) is 6.67. The van der Waals surface area contributed by atoms with Gasteiger partial charge in [-0.25, -0.2) is 9.97 Å². The van der Waals surface area contributed by atoms with Crippen LogP contribution in [0.25, 0.3) is 11.4 Å². The van der Waals surface area contributed by atoms with Crippen LogP contribution in [-0.4, -0.2) is 9.97 Å². The van der Waals surface area contributed by atoms with E-state index >= 15 is 0 Å². The van der Waals surface area contributed by atoms with Gasteiger partial charge in [0.05, 0.1) is 0 Å². The van der Waals surface area contributed by atoms with Gasteiger partial charge in [-0.3, -0.25) is 0 Å². The van der Waals surface area contributed by atoms with E-state index in [0.29, 0.717) is 10.6 Å². The molecule has 0 saturated heterocycles. The number of nitrogens with zero attached hydrogens (tertiary/aromatic N) is 2. The Balaban J connectivity index is 2.55. The molecule has 2 nitrogen and oxygen atoms in total. The Labute approximate surface area is 120 Å². The summed E-state index contributed by atoms with van der Waals surface area (Å²) in [6.45, 7) is 0. The van der Waals surface area contributed by atoms with Crippen molar-refractivity contribution in [3.8, 4) is 11.4 Å². The van der Waals surface area contributed by atoms with E-state index in [1.54, 1.807) is 18.2 Å². The third-order valence-electron chi connectivity index (χ3n) is 2.36. The Kier molecular flexibility index (Phi) is 4.10. The molecule has 2 aromatic rings. The maximum absolute atomic E-state index is 12.9. The van der Waals surface area contributed by atoms with Gasteiger partial charge >= 0.3 is 6.18 Å². The second-order valence-electron chi connectivity index (χ2n) is 3.71. The average Bonchev–Trinajstić information content (AvgIpc) is 2.37. The fourth-order valence-corrected chi connectivity index (χ4v) is 2.12. The minimum atomic E-state index is -4.51. The average molecular weight is 352 g/mol. The monoisotopic (exact) mass is 350 g/mol. The van der Waals surface area contributed by atoms with Crippen molar-refractivity contribution in [3.05, 3.63) is 46.7 Å². The first-order valence-electron chi connectivity index (χ1n) is 5.17. The normalized spacial score (nSPS) is 11.6. The summed E-state index contributed by atoms with van der Waals surface area (Å²) in [7, 11) is 0. The topological polar surface area (TPSA) is 25.8 Å². The Morgan fingerprint density at radius 2 is 2.00 bits per heavy atom. The highest BCUT2D eigenvalue weighted by Crippen LogP contribution is 2.32. The number of hydrogen-bond acceptors (Lipinski definition) is 2. The van der Waals surface area contributed by atoms with Crippen LogP contribution in [0.5, 0.6) is 0 Å². The third-order valence-corrected chi connectivity index (χ3v) is 3.20. The second kappa shape index (κ2) is 5.46. The molecule has 1 aromatic carbocycles. The summed E-state index contributed by atoms with van der Waals surface area (Å²) in [4.78, 5) is 7.54. The van der Waals surface area contributed by atoms with Gasteiger partial charge in [0.25, 0.3) is 0 Å². The van der Waals surface area contributed by atoms with Crippen molar-refractivity contribution >= 4 is 27.5 Å². The smallest absolute Gasteiger partial charge is 0.236 e. The molecule has 0 atom stereocenters. The predicted octanol–water partition coefficient (Wildman–Crippen LogP) is 4.71. The van der Waals surface area contributed by atoms with Crippen LogP contribution in [0.1, 0.15) is 11.3 Å². The van der Waals surface area contributed by atoms with Gasteiger partial charge in [0.1, 0.15) is 0 Å². The van der Waals surface area contributed by atoms with Crippen molar-refractivity contribution < 1.29 is 13.2 Å². The van der Waals surface area contributed by atoms with Crippen LogP contribution in [0.3, 0.4) is 0 Å². The number of aromatic nitrogens is 2. The molecule has 7 heteroatoms. The van der Waals surface area contributed by atoms with Crippen LogP contribution in [0.4, 0.5) is 13.2 Å². The van der Waals surface area contributed by atoms with E-state index in [-0.39, 0.29) is 16.7 Å². The van der Waals surface area contributed by atoms with Crippen molar-refractivity contribution in [1.82, 2.24) is 9.97 Å². The predicted molar refractivity (Wildman–Crippen MR) is 70.1 cm³/mol. The zero-order valence-corrected chi connectivity index (χ0v) is 11.7. The molecule has 0 saturated carbocycles. The molecule has 100 valence electrons. The summed E-state index contributed by atoms with van der Waals surface area (Å²) >= 11 is 8.79. The Bertz CT molecular complexity index is 602. The van der Waals surface area contributed by atoms with Crippen molar-refractivity contribution in [2.45, 2.75) is 11.5 Å². The first-order chi connectivity index (χ1) is 8.91. The van der Waals surface area contributed by atoms with Gasteiger partial charge in [-0.15, -0.1) is 0 Å². The molecule has 0 amide bonds. The summed E-state index contributed by atoms with van der Waals surface area (Å²) < 4.78 is 38.6. The molecular weight excluding hydrogens is 344 g/mol. The SMILES string of the molecule is FC(F)(F)c1nc(-c2cccc(Cl)c2)ncc1CBr. The second-order valence-corrected chi connectivity index (χ2v) is 4.71. The number of benzene rings is 1. The molecule has 0 aliphatic rings. The number of halogens is 5. The lowest BCUT2D eigenvalue weighted by Crippen LogP contribution is -2.13. The summed E-state index contributed by atoms with van der Waals surface area (Å²) in [6.07, 6.45) is -3.35. The van der Waals surface area contributed by atoms with Gasteiger partial charge in [-0.2, -0.15) is 13.2 Å². The van der Waals surface area contributed by atoms with Crippen LogP contribution >= 0.6 is 27.5 Å². The molecule has 19 heavy (non-hydrogen) atoms. The molecule has 2 rings (SSSR count). The van der Waals surface area contributed by atoms with E-state index in [1.165, 1.54) is 12.3 Å². The summed E-state index contributed by atoms with van der Waals surface area (Å²) in [5.74, 6) is -0.000440. The molecular formula is C12H7BrClF3N2. The molecule has 0 N–H and O–H groups in total. The Morgan fingerprint density at radius 1 is 1.26 bits per heavy atom. The maximum atomic E-state index is 12.9. The highest BCUT2D eigenvalue weighted by molar-refractivity contribution is 9.08. The fourth-order valence-electron chi connectivity index (χ4n) is 1.52. The molecule has 0 radical (unpaired) electrons. The van der Waals surface area contributed by atoms with Crippen LogP contribution < -0.4 is 0 Å². The third kappa shape index (κ3) is 3.25. The molecule has 0 unspecified atom stereocenters. The van der Waals surface area contributed by atoms with Crippen LogP contribution in [-0.2, 0) is 11.5 Å². The Morgan fingerprint density at radius 3 is 2.58 bits per heavy atom. The maximum Gasteiger partial charge on any atom is 0.433 e. The van der Waals surface area contributed by atoms with Crippen molar-refractivity contribution in [2.24, 2.45) is 0 Å². The quantitative estimate of drug-likeness (QED) is 0.732. The zero-order valence-electron chi connectivity index (χ0n) is 9.38. The van der Waals surface area contributed by atoms with E-state index in [0.717, 1.165) is 0 Å². The fraction of sp³-hybridized carbons (Fsp3) is 0.167. The number of alkyl halides is 4. The van der Waals surface area contributed by atoms with Crippen LogP contribution in [0.15, 0.2) is 30.5 Å². The largest absolute Gasteiger partial charge is 0.433 e. The highest BCUT2D eigenvalue weighted by Gasteiger charge is 2.35. The molecule has 0 bridgehead atoms. The van der Waals surface area contributed by atoms with E-state index < -0.39 is 11.9 Å². The lowest BCUT2D eigenvalue weighted by molar-refractivity contribution is -0.141. The Hall–Kier alpha value is -1.14. The van der Waals surface area contributed by atoms with Gasteiger partial charge < -0.3 is 0 Å². The summed E-state index contributed by atoms with van der Waals surface area (Å²) in [6, 6.07) is 6.38.